The van der Waals surface area contributed by atoms with Gasteiger partial charge in [-0.15, -0.1) is 0 Å². The molecule has 3 rings (SSSR count). The zero-order valence-electron chi connectivity index (χ0n) is 15.9. The second-order valence-electron chi connectivity index (χ2n) is 6.77. The van der Waals surface area contributed by atoms with Gasteiger partial charge in [0, 0.05) is 26.5 Å². The molecule has 1 atom stereocenters. The maximum atomic E-state index is 12.7. The number of nitrogens with one attached hydrogen (secondary N) is 1. The van der Waals surface area contributed by atoms with Crippen molar-refractivity contribution in [3.05, 3.63) is 60.2 Å². The van der Waals surface area contributed by atoms with Crippen molar-refractivity contribution >= 4 is 27.5 Å². The molecule has 1 saturated heterocycles. The molecule has 1 aliphatic heterocycles. The van der Waals surface area contributed by atoms with Crippen molar-refractivity contribution in [2.75, 3.05) is 25.2 Å². The highest BCUT2D eigenvalue weighted by atomic mass is 32.2. The fraction of sp³-hybridized carbons (Fsp3) is 0.300. The minimum Gasteiger partial charge on any atom is -0.381 e. The van der Waals surface area contributed by atoms with Crippen molar-refractivity contribution in [2.45, 2.75) is 23.3 Å². The molecule has 1 unspecified atom stereocenters. The Morgan fingerprint density at radius 2 is 1.62 bits per heavy atom. The minimum atomic E-state index is -3.94. The molecular weight excluding hydrogens is 396 g/mol. The number of nitrogens with zero attached hydrogens (tertiary/aromatic N) is 1. The Morgan fingerprint density at radius 3 is 2.17 bits per heavy atom. The van der Waals surface area contributed by atoms with E-state index in [2.05, 4.69) is 4.72 Å². The summed E-state index contributed by atoms with van der Waals surface area (Å²) in [5.74, 6) is -0.618. The molecule has 29 heavy (non-hydrogen) atoms. The van der Waals surface area contributed by atoms with Crippen LogP contribution in [0, 0.1) is 0 Å². The molecule has 2 amide bonds. The van der Waals surface area contributed by atoms with E-state index in [-0.39, 0.29) is 42.7 Å². The molecule has 0 aliphatic carbocycles. The topological polar surface area (TPSA) is 113 Å². The van der Waals surface area contributed by atoms with E-state index in [0.717, 1.165) is 4.90 Å². The van der Waals surface area contributed by atoms with Gasteiger partial charge in [-0.2, -0.15) is 0 Å². The van der Waals surface area contributed by atoms with Crippen LogP contribution >= 0.6 is 0 Å². The van der Waals surface area contributed by atoms with E-state index in [4.69, 9.17) is 4.74 Å². The number of hydrogen-bond donors (Lipinski definition) is 2. The lowest BCUT2D eigenvalue weighted by molar-refractivity contribution is -0.121. The summed E-state index contributed by atoms with van der Waals surface area (Å²) < 4.78 is 32.8. The van der Waals surface area contributed by atoms with Crippen LogP contribution in [0.1, 0.15) is 18.4 Å². The van der Waals surface area contributed by atoms with Crippen LogP contribution in [0.3, 0.4) is 0 Å². The number of imide groups is 1. The van der Waals surface area contributed by atoms with E-state index in [1.54, 1.807) is 30.3 Å². The molecule has 0 spiro atoms. The third kappa shape index (κ3) is 4.54. The fourth-order valence-electron chi connectivity index (χ4n) is 3.16. The molecular formula is C20H22N2O6S. The largest absolute Gasteiger partial charge is 0.381 e. The summed E-state index contributed by atoms with van der Waals surface area (Å²) in [6, 6.07) is 14.1. The highest BCUT2D eigenvalue weighted by Gasteiger charge is 2.32. The molecule has 0 saturated carbocycles. The van der Waals surface area contributed by atoms with Gasteiger partial charge in [0.05, 0.1) is 17.2 Å². The third-order valence-electron chi connectivity index (χ3n) is 4.71. The zero-order valence-corrected chi connectivity index (χ0v) is 16.7. The second-order valence-corrected chi connectivity index (χ2v) is 8.54. The maximum absolute atomic E-state index is 12.7. The van der Waals surface area contributed by atoms with Crippen LogP contribution in [0.4, 0.5) is 5.69 Å². The number of carbonyl (C=O) groups is 2. The monoisotopic (exact) mass is 418 g/mol. The molecule has 0 radical (unpaired) electrons. The van der Waals surface area contributed by atoms with Crippen molar-refractivity contribution in [2.24, 2.45) is 0 Å². The van der Waals surface area contributed by atoms with Crippen molar-refractivity contribution in [1.82, 2.24) is 4.72 Å². The lowest BCUT2D eigenvalue weighted by atomic mass is 9.95. The van der Waals surface area contributed by atoms with Crippen LogP contribution < -0.4 is 9.62 Å². The highest BCUT2D eigenvalue weighted by molar-refractivity contribution is 7.89. The molecule has 8 nitrogen and oxygen atoms in total. The summed E-state index contributed by atoms with van der Waals surface area (Å²) in [7, 11) is -2.52. The van der Waals surface area contributed by atoms with Crippen LogP contribution in [-0.2, 0) is 30.0 Å². The standard InChI is InChI=1S/C20H22N2O6S/c1-28-14-20(25,15-5-3-2-4-6-15)13-21-29(26,27)17-9-7-16(8-10-17)22-18(23)11-12-19(22)24/h2-10,21,25H,11-14H2,1H3. The van der Waals surface area contributed by atoms with Gasteiger partial charge in [0.2, 0.25) is 21.8 Å². The molecule has 1 fully saturated rings. The number of hydrogen-bond acceptors (Lipinski definition) is 6. The van der Waals surface area contributed by atoms with Gasteiger partial charge in [-0.05, 0) is 29.8 Å². The molecule has 1 heterocycles. The zero-order chi connectivity index (χ0) is 21.1. The van der Waals surface area contributed by atoms with E-state index in [0.29, 0.717) is 11.3 Å². The van der Waals surface area contributed by atoms with Gasteiger partial charge in [0.15, 0.2) is 0 Å². The van der Waals surface area contributed by atoms with E-state index in [9.17, 15) is 23.1 Å². The van der Waals surface area contributed by atoms with E-state index < -0.39 is 15.6 Å². The second kappa shape index (κ2) is 8.42. The maximum Gasteiger partial charge on any atom is 0.240 e. The summed E-state index contributed by atoms with van der Waals surface area (Å²) in [6.45, 7) is -0.393. The number of aliphatic hydroxyl groups is 1. The molecule has 9 heteroatoms. The average molecular weight is 418 g/mol. The summed E-state index contributed by atoms with van der Waals surface area (Å²) >= 11 is 0. The Balaban J connectivity index is 1.77. The fourth-order valence-corrected chi connectivity index (χ4v) is 4.25. The van der Waals surface area contributed by atoms with Crippen molar-refractivity contribution in [3.63, 3.8) is 0 Å². The quantitative estimate of drug-likeness (QED) is 0.622. The normalized spacial score (nSPS) is 16.8. The van der Waals surface area contributed by atoms with E-state index in [1.165, 1.54) is 31.4 Å². The first-order valence-corrected chi connectivity index (χ1v) is 10.5. The number of amides is 2. The summed E-state index contributed by atoms with van der Waals surface area (Å²) in [5.41, 5.74) is -0.695. The molecule has 0 aromatic heterocycles. The number of anilines is 1. The summed E-state index contributed by atoms with van der Waals surface area (Å²) in [5, 5.41) is 10.9. The van der Waals surface area contributed by atoms with Crippen LogP contribution in [0.2, 0.25) is 0 Å². The van der Waals surface area contributed by atoms with Crippen molar-refractivity contribution in [1.29, 1.82) is 0 Å². The first kappa shape index (κ1) is 21.1. The predicted octanol–water partition coefficient (Wildman–Crippen LogP) is 1.15. The Morgan fingerprint density at radius 1 is 1.03 bits per heavy atom. The molecule has 2 aromatic rings. The lowest BCUT2D eigenvalue weighted by Crippen LogP contribution is -2.43. The van der Waals surface area contributed by atoms with E-state index >= 15 is 0 Å². The molecule has 0 bridgehead atoms. The van der Waals surface area contributed by atoms with Gasteiger partial charge in [-0.1, -0.05) is 30.3 Å². The van der Waals surface area contributed by atoms with Crippen molar-refractivity contribution < 1.29 is 27.9 Å². The average Bonchev–Trinajstić information content (AvgIpc) is 3.06. The molecule has 154 valence electrons. The Bertz CT molecular complexity index is 975. The number of carbonyl (C=O) groups excluding carboxylic acids is 2. The predicted molar refractivity (Wildman–Crippen MR) is 106 cm³/mol. The van der Waals surface area contributed by atoms with Gasteiger partial charge in [-0.3, -0.25) is 14.5 Å². The van der Waals surface area contributed by atoms with Crippen LogP contribution in [-0.4, -0.2) is 45.6 Å². The van der Waals surface area contributed by atoms with Gasteiger partial charge < -0.3 is 9.84 Å². The highest BCUT2D eigenvalue weighted by Crippen LogP contribution is 2.25. The third-order valence-corrected chi connectivity index (χ3v) is 6.12. The Kier molecular flexibility index (Phi) is 6.13. The number of methoxy groups -OCH3 is 1. The number of ether oxygens (including phenoxy) is 1. The van der Waals surface area contributed by atoms with Gasteiger partial charge in [0.25, 0.3) is 0 Å². The van der Waals surface area contributed by atoms with Crippen molar-refractivity contribution in [3.8, 4) is 0 Å². The Labute approximate surface area is 169 Å². The summed E-state index contributed by atoms with van der Waals surface area (Å²) in [6.07, 6.45) is 0.302. The van der Waals surface area contributed by atoms with Gasteiger partial charge in [-0.25, -0.2) is 13.1 Å². The number of rotatable bonds is 8. The molecule has 2 N–H and O–H groups in total. The van der Waals surface area contributed by atoms with Gasteiger partial charge >= 0.3 is 0 Å². The van der Waals surface area contributed by atoms with Crippen LogP contribution in [0.25, 0.3) is 0 Å². The first-order valence-electron chi connectivity index (χ1n) is 8.99. The Hall–Kier alpha value is -2.59. The number of benzene rings is 2. The SMILES string of the molecule is COCC(O)(CNS(=O)(=O)c1ccc(N2C(=O)CCC2=O)cc1)c1ccccc1. The molecule has 1 aliphatic rings. The summed E-state index contributed by atoms with van der Waals surface area (Å²) in [4.78, 5) is 24.6. The van der Waals surface area contributed by atoms with E-state index in [1.807, 2.05) is 0 Å². The smallest absolute Gasteiger partial charge is 0.240 e. The molecule has 2 aromatic carbocycles. The first-order chi connectivity index (χ1) is 13.8. The lowest BCUT2D eigenvalue weighted by Gasteiger charge is -2.28. The van der Waals surface area contributed by atoms with Gasteiger partial charge in [0.1, 0.15) is 5.60 Å². The van der Waals surface area contributed by atoms with Crippen LogP contribution in [0.5, 0.6) is 0 Å². The van der Waals surface area contributed by atoms with Crippen LogP contribution in [0.15, 0.2) is 59.5 Å². The number of sulfonamides is 1. The minimum absolute atomic E-state index is 0.0480.